The molecule has 0 bridgehead atoms. The molecule has 0 amide bonds. The second-order valence-electron chi connectivity index (χ2n) is 7.66. The van der Waals surface area contributed by atoms with E-state index < -0.39 is 18.0 Å². The predicted molar refractivity (Wildman–Crippen MR) is 122 cm³/mol. The SMILES string of the molecule is CC/C=C\C\C=C/C=C/C=C/C=C\[C@@H]1OC(=O)CC[C@H](Cl)/C=C\[C@H]2OC(C)(C)O[C@@H]12. The van der Waals surface area contributed by atoms with Gasteiger partial charge in [0.2, 0.25) is 0 Å². The first-order valence-electron chi connectivity index (χ1n) is 10.6. The topological polar surface area (TPSA) is 44.8 Å². The van der Waals surface area contributed by atoms with Crippen molar-refractivity contribution in [1.82, 2.24) is 0 Å². The van der Waals surface area contributed by atoms with Gasteiger partial charge in [0.1, 0.15) is 18.3 Å². The molecule has 0 radical (unpaired) electrons. The zero-order chi connectivity index (χ0) is 21.8. The third-order valence-electron chi connectivity index (χ3n) is 4.56. The molecule has 0 aliphatic carbocycles. The molecule has 5 heteroatoms. The molecule has 4 nitrogen and oxygen atoms in total. The molecule has 0 aromatic carbocycles. The molecule has 0 N–H and O–H groups in total. The second-order valence-corrected chi connectivity index (χ2v) is 8.22. The number of alkyl halides is 1. The highest BCUT2D eigenvalue weighted by Gasteiger charge is 2.45. The van der Waals surface area contributed by atoms with Gasteiger partial charge in [0, 0.05) is 6.42 Å². The van der Waals surface area contributed by atoms with E-state index in [2.05, 4.69) is 25.2 Å². The molecule has 0 aromatic heterocycles. The monoisotopic (exact) mass is 432 g/mol. The van der Waals surface area contributed by atoms with Gasteiger partial charge in [-0.15, -0.1) is 11.6 Å². The van der Waals surface area contributed by atoms with Crippen LogP contribution in [0.2, 0.25) is 0 Å². The molecular weight excluding hydrogens is 400 g/mol. The molecule has 30 heavy (non-hydrogen) atoms. The molecule has 2 heterocycles. The Kier molecular flexibility index (Phi) is 10.4. The van der Waals surface area contributed by atoms with Crippen molar-refractivity contribution >= 4 is 17.6 Å². The van der Waals surface area contributed by atoms with Crippen LogP contribution in [-0.2, 0) is 19.0 Å². The summed E-state index contributed by atoms with van der Waals surface area (Å²) in [7, 11) is 0. The first-order valence-corrected chi connectivity index (χ1v) is 11.0. The van der Waals surface area contributed by atoms with Crippen LogP contribution in [0.3, 0.4) is 0 Å². The highest BCUT2D eigenvalue weighted by molar-refractivity contribution is 6.21. The van der Waals surface area contributed by atoms with Crippen molar-refractivity contribution in [2.75, 3.05) is 0 Å². The Labute approximate surface area is 185 Å². The average molecular weight is 433 g/mol. The van der Waals surface area contributed by atoms with Crippen molar-refractivity contribution in [3.8, 4) is 0 Å². The average Bonchev–Trinajstić information content (AvgIpc) is 3.02. The summed E-state index contributed by atoms with van der Waals surface area (Å²) in [5.74, 6) is -1.05. The van der Waals surface area contributed by atoms with Crippen LogP contribution in [-0.4, -0.2) is 35.4 Å². The summed E-state index contributed by atoms with van der Waals surface area (Å²) in [6.07, 6.45) is 25.2. The zero-order valence-corrected chi connectivity index (χ0v) is 18.8. The number of carbonyl (C=O) groups is 1. The van der Waals surface area contributed by atoms with Crippen molar-refractivity contribution in [3.63, 3.8) is 0 Å². The quantitative estimate of drug-likeness (QED) is 0.215. The Morgan fingerprint density at radius 3 is 2.53 bits per heavy atom. The Hall–Kier alpha value is -1.88. The summed E-state index contributed by atoms with van der Waals surface area (Å²) >= 11 is 6.24. The van der Waals surface area contributed by atoms with E-state index in [1.807, 2.05) is 68.5 Å². The van der Waals surface area contributed by atoms with Gasteiger partial charge in [0.05, 0.1) is 5.38 Å². The van der Waals surface area contributed by atoms with E-state index >= 15 is 0 Å². The molecule has 0 spiro atoms. The molecule has 0 aromatic rings. The minimum atomic E-state index is -0.759. The smallest absolute Gasteiger partial charge is 0.306 e. The fraction of sp³-hybridized carbons (Fsp3) is 0.480. The van der Waals surface area contributed by atoms with E-state index in [-0.39, 0.29) is 23.9 Å². The molecule has 0 unspecified atom stereocenters. The molecule has 2 rings (SSSR count). The number of hydrogen-bond donors (Lipinski definition) is 0. The predicted octanol–water partition coefficient (Wildman–Crippen LogP) is 5.96. The fourth-order valence-electron chi connectivity index (χ4n) is 3.16. The maximum absolute atomic E-state index is 12.2. The number of halogens is 1. The molecule has 1 saturated heterocycles. The summed E-state index contributed by atoms with van der Waals surface area (Å²) in [4.78, 5) is 12.2. The number of esters is 1. The van der Waals surface area contributed by atoms with Crippen molar-refractivity contribution in [2.45, 2.75) is 75.9 Å². The van der Waals surface area contributed by atoms with Gasteiger partial charge in [-0.25, -0.2) is 0 Å². The van der Waals surface area contributed by atoms with Gasteiger partial charge in [-0.3, -0.25) is 4.79 Å². The Bertz CT molecular complexity index is 715. The first kappa shape index (κ1) is 24.4. The van der Waals surface area contributed by atoms with Crippen molar-refractivity contribution in [3.05, 3.63) is 72.9 Å². The Balaban J connectivity index is 2.00. The van der Waals surface area contributed by atoms with Crippen LogP contribution in [0, 0.1) is 0 Å². The number of ether oxygens (including phenoxy) is 3. The first-order chi connectivity index (χ1) is 14.4. The summed E-state index contributed by atoms with van der Waals surface area (Å²) in [6.45, 7) is 5.83. The highest BCUT2D eigenvalue weighted by Crippen LogP contribution is 2.33. The molecule has 2 aliphatic rings. The maximum atomic E-state index is 12.2. The maximum Gasteiger partial charge on any atom is 0.306 e. The molecular formula is C25H33ClO4. The van der Waals surface area contributed by atoms with Crippen molar-refractivity contribution in [1.29, 1.82) is 0 Å². The van der Waals surface area contributed by atoms with Crippen LogP contribution in [0.4, 0.5) is 0 Å². The van der Waals surface area contributed by atoms with E-state index in [9.17, 15) is 4.79 Å². The molecule has 0 saturated carbocycles. The molecule has 2 aliphatic heterocycles. The second kappa shape index (κ2) is 12.7. The van der Waals surface area contributed by atoms with Crippen LogP contribution in [0.1, 0.15) is 46.5 Å². The number of rotatable bonds is 7. The molecule has 1 fully saturated rings. The largest absolute Gasteiger partial charge is 0.455 e. The third-order valence-corrected chi connectivity index (χ3v) is 4.92. The number of allylic oxidation sites excluding steroid dienone is 10. The van der Waals surface area contributed by atoms with E-state index in [1.54, 1.807) is 0 Å². The zero-order valence-electron chi connectivity index (χ0n) is 18.1. The lowest BCUT2D eigenvalue weighted by Gasteiger charge is -2.24. The summed E-state index contributed by atoms with van der Waals surface area (Å²) in [5, 5.41) is -0.232. The van der Waals surface area contributed by atoms with E-state index in [4.69, 9.17) is 25.8 Å². The fourth-order valence-corrected chi connectivity index (χ4v) is 3.35. The van der Waals surface area contributed by atoms with Gasteiger partial charge >= 0.3 is 5.97 Å². The summed E-state index contributed by atoms with van der Waals surface area (Å²) in [6, 6.07) is 0. The lowest BCUT2D eigenvalue weighted by molar-refractivity contribution is -0.166. The van der Waals surface area contributed by atoms with Crippen LogP contribution < -0.4 is 0 Å². The van der Waals surface area contributed by atoms with Crippen LogP contribution in [0.5, 0.6) is 0 Å². The van der Waals surface area contributed by atoms with Gasteiger partial charge in [-0.2, -0.15) is 0 Å². The Morgan fingerprint density at radius 1 is 1.03 bits per heavy atom. The van der Waals surface area contributed by atoms with Gasteiger partial charge in [0.15, 0.2) is 5.79 Å². The van der Waals surface area contributed by atoms with Crippen molar-refractivity contribution in [2.24, 2.45) is 0 Å². The van der Waals surface area contributed by atoms with E-state index in [1.165, 1.54) is 0 Å². The minimum absolute atomic E-state index is 0.232. The van der Waals surface area contributed by atoms with Gasteiger partial charge in [-0.05, 0) is 39.2 Å². The lowest BCUT2D eigenvalue weighted by Crippen LogP contribution is -2.37. The molecule has 164 valence electrons. The molecule has 4 atom stereocenters. The summed E-state index contributed by atoms with van der Waals surface area (Å²) in [5.41, 5.74) is 0. The van der Waals surface area contributed by atoms with Gasteiger partial charge in [-0.1, -0.05) is 73.8 Å². The van der Waals surface area contributed by atoms with Gasteiger partial charge < -0.3 is 14.2 Å². The van der Waals surface area contributed by atoms with Crippen LogP contribution >= 0.6 is 11.6 Å². The minimum Gasteiger partial charge on any atom is -0.455 e. The number of cyclic esters (lactones) is 1. The lowest BCUT2D eigenvalue weighted by atomic mass is 10.0. The van der Waals surface area contributed by atoms with E-state index in [0.717, 1.165) is 12.8 Å². The van der Waals surface area contributed by atoms with Gasteiger partial charge in [0.25, 0.3) is 0 Å². The standard InChI is InChI=1S/C25H33ClO4/c1-4-5-6-7-8-9-10-11-12-13-14-15-21-24-22(29-25(2,3)30-24)18-16-20(26)17-19-23(27)28-21/h5-6,8-16,18,20-22,24H,4,7,17,19H2,1-3H3/b6-5-,9-8-,11-10+,13-12+,15-14-,18-16-/t20-,21+,22-,24+/m1/s1. The van der Waals surface area contributed by atoms with Crippen LogP contribution in [0.25, 0.3) is 0 Å². The number of hydrogen-bond acceptors (Lipinski definition) is 4. The third kappa shape index (κ3) is 8.86. The Morgan fingerprint density at radius 2 is 1.77 bits per heavy atom. The number of carbonyl (C=O) groups excluding carboxylic acids is 1. The van der Waals surface area contributed by atoms with Crippen LogP contribution in [0.15, 0.2) is 72.9 Å². The van der Waals surface area contributed by atoms with Crippen molar-refractivity contribution < 1.29 is 19.0 Å². The normalized spacial score (nSPS) is 31.3. The van der Waals surface area contributed by atoms with E-state index in [0.29, 0.717) is 6.42 Å². The highest BCUT2D eigenvalue weighted by atomic mass is 35.5. The summed E-state index contributed by atoms with van der Waals surface area (Å²) < 4.78 is 17.7. The number of fused-ring (bicyclic) bond motifs is 1.